The zero-order chi connectivity index (χ0) is 26.2. The summed E-state index contributed by atoms with van der Waals surface area (Å²) in [6.07, 6.45) is 1.58. The normalized spacial score (nSPS) is 12.9. The molecule has 4 aromatic carbocycles. The maximum Gasteiger partial charge on any atom is 0.412 e. The van der Waals surface area contributed by atoms with Crippen molar-refractivity contribution in [2.75, 3.05) is 12.4 Å². The number of carbonyl (C=O) groups excluding carboxylic acids is 2. The second kappa shape index (κ2) is 12.0. The monoisotopic (exact) mass is 500 g/mol. The number of fused-ring (bicyclic) bond motifs is 2. The second-order valence-corrected chi connectivity index (χ2v) is 8.43. The van der Waals surface area contributed by atoms with Crippen LogP contribution in [0.25, 0.3) is 21.5 Å². The van der Waals surface area contributed by atoms with Gasteiger partial charge in [-0.3, -0.25) is 15.3 Å². The predicted octanol–water partition coefficient (Wildman–Crippen LogP) is 5.85. The summed E-state index contributed by atoms with van der Waals surface area (Å²) in [5.74, 6) is -0.522. The number of methoxy groups -OCH3 is 1. The molecule has 4 rings (SSSR count). The summed E-state index contributed by atoms with van der Waals surface area (Å²) in [6, 6.07) is 23.9. The number of carbonyl (C=O) groups is 2. The van der Waals surface area contributed by atoms with Gasteiger partial charge in [-0.1, -0.05) is 72.8 Å². The van der Waals surface area contributed by atoms with E-state index in [1.54, 1.807) is 35.8 Å². The van der Waals surface area contributed by atoms with E-state index in [-0.39, 0.29) is 5.75 Å². The highest BCUT2D eigenvalue weighted by atomic mass is 16.6. The Balaban J connectivity index is 1.65. The van der Waals surface area contributed by atoms with Crippen molar-refractivity contribution in [1.29, 1.82) is 0 Å². The summed E-state index contributed by atoms with van der Waals surface area (Å²) in [5.41, 5.74) is 2.83. The van der Waals surface area contributed by atoms with Crippen LogP contribution in [0.3, 0.4) is 0 Å². The lowest BCUT2D eigenvalue weighted by Gasteiger charge is -2.27. The van der Waals surface area contributed by atoms with Gasteiger partial charge in [0.15, 0.2) is 6.10 Å². The van der Waals surface area contributed by atoms with Gasteiger partial charge in [-0.05, 0) is 35.7 Å². The number of amides is 2. The van der Waals surface area contributed by atoms with Gasteiger partial charge in [-0.25, -0.2) is 10.3 Å². The second-order valence-electron chi connectivity index (χ2n) is 8.43. The summed E-state index contributed by atoms with van der Waals surface area (Å²) in [6.45, 7) is 0. The van der Waals surface area contributed by atoms with Crippen molar-refractivity contribution < 1.29 is 29.4 Å². The van der Waals surface area contributed by atoms with Gasteiger partial charge in [-0.2, -0.15) is 0 Å². The Morgan fingerprint density at radius 2 is 1.62 bits per heavy atom. The summed E-state index contributed by atoms with van der Waals surface area (Å²) in [5, 5.41) is 25.1. The van der Waals surface area contributed by atoms with Crippen LogP contribution in [0.4, 0.5) is 10.5 Å². The average Bonchev–Trinajstić information content (AvgIpc) is 2.93. The Morgan fingerprint density at radius 3 is 2.38 bits per heavy atom. The van der Waals surface area contributed by atoms with Gasteiger partial charge in [0.25, 0.3) is 5.91 Å². The molecule has 0 aliphatic heterocycles. The summed E-state index contributed by atoms with van der Waals surface area (Å²) in [7, 11) is 1.52. The van der Waals surface area contributed by atoms with Crippen molar-refractivity contribution in [1.82, 2.24) is 5.48 Å². The van der Waals surface area contributed by atoms with Crippen molar-refractivity contribution in [2.24, 2.45) is 0 Å². The molecule has 0 unspecified atom stereocenters. The first-order chi connectivity index (χ1) is 18.0. The Kier molecular flexibility index (Phi) is 8.35. The van der Waals surface area contributed by atoms with Crippen LogP contribution >= 0.6 is 0 Å². The lowest BCUT2D eigenvalue weighted by atomic mass is 9.94. The molecule has 0 aromatic heterocycles. The molecule has 0 aliphatic carbocycles. The first-order valence-electron chi connectivity index (χ1n) is 11.8. The molecule has 0 saturated heterocycles. The van der Waals surface area contributed by atoms with Crippen molar-refractivity contribution in [2.45, 2.75) is 25.0 Å². The molecule has 0 aliphatic rings. The molecule has 8 heteroatoms. The molecule has 0 fully saturated rings. The van der Waals surface area contributed by atoms with E-state index >= 15 is 0 Å². The zero-order valence-corrected chi connectivity index (χ0v) is 20.3. The van der Waals surface area contributed by atoms with Gasteiger partial charge in [0.2, 0.25) is 0 Å². The quantitative estimate of drug-likeness (QED) is 0.130. The van der Waals surface area contributed by atoms with E-state index in [0.717, 1.165) is 16.2 Å². The molecule has 0 bridgehead atoms. The minimum atomic E-state index is -0.828. The molecule has 0 saturated carbocycles. The lowest BCUT2D eigenvalue weighted by molar-refractivity contribution is -0.124. The molecular weight excluding hydrogens is 472 g/mol. The highest BCUT2D eigenvalue weighted by Gasteiger charge is 2.29. The third-order valence-electron chi connectivity index (χ3n) is 6.14. The van der Waals surface area contributed by atoms with Crippen LogP contribution in [0.5, 0.6) is 5.75 Å². The SMILES string of the molecule is CO[C@H](CC/C=C/C(=O)NO)[C@H](OC(=O)Nc1cccc2ccccc12)c1ccc(O)c2ccccc12. The van der Waals surface area contributed by atoms with Gasteiger partial charge < -0.3 is 14.6 Å². The molecular formula is C29H28N2O6. The fraction of sp³-hybridized carbons (Fsp3) is 0.172. The number of benzene rings is 4. The van der Waals surface area contributed by atoms with Crippen LogP contribution in [0.2, 0.25) is 0 Å². The molecule has 8 nitrogen and oxygen atoms in total. The van der Waals surface area contributed by atoms with Crippen LogP contribution in [0, 0.1) is 0 Å². The molecule has 0 heterocycles. The highest BCUT2D eigenvalue weighted by molar-refractivity contribution is 6.00. The molecule has 2 atom stereocenters. The molecule has 190 valence electrons. The molecule has 37 heavy (non-hydrogen) atoms. The molecule has 0 radical (unpaired) electrons. The largest absolute Gasteiger partial charge is 0.507 e. The third kappa shape index (κ3) is 6.06. The van der Waals surface area contributed by atoms with E-state index in [4.69, 9.17) is 14.7 Å². The summed E-state index contributed by atoms with van der Waals surface area (Å²) in [4.78, 5) is 24.5. The Hall–Kier alpha value is -4.40. The predicted molar refractivity (Wildman–Crippen MR) is 142 cm³/mol. The van der Waals surface area contributed by atoms with Crippen LogP contribution in [-0.2, 0) is 14.3 Å². The number of phenolic OH excluding ortho intramolecular Hbond substituents is 1. The first-order valence-corrected chi connectivity index (χ1v) is 11.8. The standard InChI is InChI=1S/C29H28N2O6/c1-36-26(15-6-7-16-27(33)31-35)28(23-17-18-25(32)22-13-5-4-12-21(22)23)37-29(34)30-24-14-8-10-19-9-2-3-11-20(19)24/h2-5,7-14,16-18,26,28,32,35H,6,15H2,1H3,(H,30,34)(H,31,33)/b16-7+/t26-,28-/m1/s1. The number of aromatic hydroxyl groups is 1. The number of phenols is 1. The van der Waals surface area contributed by atoms with E-state index in [2.05, 4.69) is 5.32 Å². The van der Waals surface area contributed by atoms with Crippen molar-refractivity contribution in [3.63, 3.8) is 0 Å². The molecule has 4 N–H and O–H groups in total. The molecule has 4 aromatic rings. The Labute approximate surface area is 214 Å². The number of allylic oxidation sites excluding steroid dienone is 1. The molecule has 2 amide bonds. The topological polar surface area (TPSA) is 117 Å². The fourth-order valence-corrected chi connectivity index (χ4v) is 4.36. The van der Waals surface area contributed by atoms with Crippen LogP contribution < -0.4 is 10.8 Å². The number of rotatable bonds is 9. The van der Waals surface area contributed by atoms with E-state index in [1.807, 2.05) is 54.6 Å². The van der Waals surface area contributed by atoms with Gasteiger partial charge in [0.1, 0.15) is 5.75 Å². The van der Waals surface area contributed by atoms with Gasteiger partial charge >= 0.3 is 6.09 Å². The first kappa shape index (κ1) is 25.7. The third-order valence-corrected chi connectivity index (χ3v) is 6.14. The number of nitrogens with one attached hydrogen (secondary N) is 2. The number of hydroxylamine groups is 1. The average molecular weight is 501 g/mol. The van der Waals surface area contributed by atoms with Gasteiger partial charge in [-0.15, -0.1) is 0 Å². The van der Waals surface area contributed by atoms with Gasteiger partial charge in [0, 0.05) is 29.5 Å². The number of anilines is 1. The smallest absolute Gasteiger partial charge is 0.412 e. The minimum absolute atomic E-state index is 0.116. The maximum absolute atomic E-state index is 13.2. The van der Waals surface area contributed by atoms with E-state index in [9.17, 15) is 14.7 Å². The van der Waals surface area contributed by atoms with Crippen molar-refractivity contribution >= 4 is 39.2 Å². The van der Waals surface area contributed by atoms with Crippen LogP contribution in [-0.4, -0.2) is 35.5 Å². The highest BCUT2D eigenvalue weighted by Crippen LogP contribution is 2.36. The molecule has 0 spiro atoms. The lowest BCUT2D eigenvalue weighted by Crippen LogP contribution is -2.28. The van der Waals surface area contributed by atoms with E-state index < -0.39 is 24.2 Å². The maximum atomic E-state index is 13.2. The number of hydrogen-bond acceptors (Lipinski definition) is 6. The van der Waals surface area contributed by atoms with Crippen molar-refractivity contribution in [3.05, 3.63) is 96.6 Å². The van der Waals surface area contributed by atoms with Crippen LogP contribution in [0.15, 0.2) is 91.0 Å². The Morgan fingerprint density at radius 1 is 0.919 bits per heavy atom. The Bertz CT molecular complexity index is 1430. The number of hydrogen-bond donors (Lipinski definition) is 4. The zero-order valence-electron chi connectivity index (χ0n) is 20.3. The fourth-order valence-electron chi connectivity index (χ4n) is 4.36. The number of ether oxygens (including phenoxy) is 2. The van der Waals surface area contributed by atoms with Crippen molar-refractivity contribution in [3.8, 4) is 5.75 Å². The van der Waals surface area contributed by atoms with E-state index in [1.165, 1.54) is 13.2 Å². The summed E-state index contributed by atoms with van der Waals surface area (Å²) >= 11 is 0. The van der Waals surface area contributed by atoms with Gasteiger partial charge in [0.05, 0.1) is 11.8 Å². The minimum Gasteiger partial charge on any atom is -0.507 e. The summed E-state index contributed by atoms with van der Waals surface area (Å²) < 4.78 is 11.7. The van der Waals surface area contributed by atoms with E-state index in [0.29, 0.717) is 29.5 Å². The van der Waals surface area contributed by atoms with Crippen LogP contribution in [0.1, 0.15) is 24.5 Å².